The van der Waals surface area contributed by atoms with E-state index in [4.69, 9.17) is 4.43 Å². The molecular formula is C18H34O2Si. The Kier molecular flexibility index (Phi) is 5.06. The second-order valence-electron chi connectivity index (χ2n) is 8.68. The first-order chi connectivity index (χ1) is 9.62. The first-order valence-corrected chi connectivity index (χ1v) is 11.5. The van der Waals surface area contributed by atoms with Crippen molar-refractivity contribution in [3.05, 3.63) is 11.6 Å². The van der Waals surface area contributed by atoms with Crippen molar-refractivity contribution in [2.45, 2.75) is 90.1 Å². The Morgan fingerprint density at radius 3 is 2.48 bits per heavy atom. The molecule has 0 aromatic rings. The van der Waals surface area contributed by atoms with E-state index in [-0.39, 0.29) is 11.1 Å². The summed E-state index contributed by atoms with van der Waals surface area (Å²) in [6, 6.07) is 0. The molecule has 0 spiro atoms. The van der Waals surface area contributed by atoms with Crippen LogP contribution >= 0.6 is 0 Å². The van der Waals surface area contributed by atoms with Crippen molar-refractivity contribution < 1.29 is 9.53 Å². The fourth-order valence-electron chi connectivity index (χ4n) is 3.70. The second-order valence-corrected chi connectivity index (χ2v) is 13.4. The van der Waals surface area contributed by atoms with Crippen LogP contribution in [0.25, 0.3) is 0 Å². The lowest BCUT2D eigenvalue weighted by molar-refractivity contribution is 0.0693. The van der Waals surface area contributed by atoms with Gasteiger partial charge in [0.25, 0.3) is 0 Å². The van der Waals surface area contributed by atoms with Gasteiger partial charge >= 0.3 is 0 Å². The van der Waals surface area contributed by atoms with E-state index in [0.717, 1.165) is 19.3 Å². The second kappa shape index (κ2) is 6.17. The minimum atomic E-state index is -1.72. The van der Waals surface area contributed by atoms with Crippen molar-refractivity contribution in [2.75, 3.05) is 0 Å². The summed E-state index contributed by atoms with van der Waals surface area (Å²) in [4.78, 5) is 0. The molecule has 2 aliphatic carbocycles. The van der Waals surface area contributed by atoms with Crippen LogP contribution in [-0.4, -0.2) is 25.6 Å². The van der Waals surface area contributed by atoms with Gasteiger partial charge in [0.15, 0.2) is 8.32 Å². The average molecular weight is 311 g/mol. The Labute approximate surface area is 132 Å². The molecule has 0 aromatic heterocycles. The highest BCUT2D eigenvalue weighted by molar-refractivity contribution is 6.74. The predicted molar refractivity (Wildman–Crippen MR) is 91.9 cm³/mol. The van der Waals surface area contributed by atoms with Gasteiger partial charge in [-0.05, 0) is 69.0 Å². The molecule has 1 unspecified atom stereocenters. The summed E-state index contributed by atoms with van der Waals surface area (Å²) in [5.41, 5.74) is 1.54. The van der Waals surface area contributed by atoms with Gasteiger partial charge in [-0.2, -0.15) is 0 Å². The maximum Gasteiger partial charge on any atom is 0.192 e. The fraction of sp³-hybridized carbons (Fsp3) is 0.889. The van der Waals surface area contributed by atoms with Gasteiger partial charge in [-0.15, -0.1) is 0 Å². The van der Waals surface area contributed by atoms with Crippen molar-refractivity contribution in [3.8, 4) is 0 Å². The summed E-state index contributed by atoms with van der Waals surface area (Å²) >= 11 is 0. The zero-order valence-electron chi connectivity index (χ0n) is 14.8. The van der Waals surface area contributed by atoms with E-state index in [0.29, 0.717) is 17.9 Å². The van der Waals surface area contributed by atoms with Crippen LogP contribution in [0.4, 0.5) is 0 Å². The molecule has 0 radical (unpaired) electrons. The predicted octanol–water partition coefficient (Wildman–Crippen LogP) is 4.89. The number of allylic oxidation sites excluding steroid dienone is 2. The third-order valence-corrected chi connectivity index (χ3v) is 10.6. The molecule has 3 heteroatoms. The van der Waals surface area contributed by atoms with E-state index in [9.17, 15) is 5.11 Å². The van der Waals surface area contributed by atoms with Gasteiger partial charge in [-0.1, -0.05) is 32.4 Å². The first kappa shape index (κ1) is 17.2. The molecule has 0 heterocycles. The molecule has 122 valence electrons. The van der Waals surface area contributed by atoms with E-state index in [1.165, 1.54) is 18.4 Å². The van der Waals surface area contributed by atoms with Gasteiger partial charge in [-0.25, -0.2) is 0 Å². The minimum absolute atomic E-state index is 0.148. The van der Waals surface area contributed by atoms with Crippen LogP contribution < -0.4 is 0 Å². The van der Waals surface area contributed by atoms with Crippen LogP contribution in [0.15, 0.2) is 11.6 Å². The number of fused-ring (bicyclic) bond motifs is 1. The number of aliphatic hydroxyl groups is 1. The first-order valence-electron chi connectivity index (χ1n) is 8.64. The molecule has 0 aliphatic heterocycles. The Balaban J connectivity index is 2.15. The molecule has 2 rings (SSSR count). The Hall–Kier alpha value is -0.123. The number of hydrogen-bond donors (Lipinski definition) is 1. The summed E-state index contributed by atoms with van der Waals surface area (Å²) in [6.45, 7) is 13.9. The van der Waals surface area contributed by atoms with E-state index in [1.54, 1.807) is 0 Å². The molecule has 2 nitrogen and oxygen atoms in total. The van der Waals surface area contributed by atoms with Gasteiger partial charge < -0.3 is 9.53 Å². The SMILES string of the molecule is C/C1=C/CCC(O)C[C@@H]2[C@@H](O[Si](C)(C)C(C)(C)C)CC[C@H]12. The lowest BCUT2D eigenvalue weighted by atomic mass is 9.81. The highest BCUT2D eigenvalue weighted by atomic mass is 28.4. The van der Waals surface area contributed by atoms with Gasteiger partial charge in [-0.3, -0.25) is 0 Å². The van der Waals surface area contributed by atoms with Crippen molar-refractivity contribution >= 4 is 8.32 Å². The molecule has 1 N–H and O–H groups in total. The van der Waals surface area contributed by atoms with Gasteiger partial charge in [0.05, 0.1) is 6.10 Å². The normalized spacial score (nSPS) is 37.4. The van der Waals surface area contributed by atoms with E-state index in [1.807, 2.05) is 0 Å². The maximum atomic E-state index is 10.3. The van der Waals surface area contributed by atoms with Crippen molar-refractivity contribution in [2.24, 2.45) is 11.8 Å². The standard InChI is InChI=1S/C18H34O2Si/c1-13-8-7-9-14(19)12-16-15(13)10-11-17(16)20-21(5,6)18(2,3)4/h8,14-17,19H,7,9-12H2,1-6H3/b13-8-/t14?,15-,16+,17+/m1/s1. The third-order valence-electron chi connectivity index (χ3n) is 6.10. The third kappa shape index (κ3) is 3.80. The zero-order chi connectivity index (χ0) is 15.8. The zero-order valence-corrected chi connectivity index (χ0v) is 15.8. The molecule has 1 fully saturated rings. The molecule has 1 saturated carbocycles. The molecular weight excluding hydrogens is 276 g/mol. The number of rotatable bonds is 2. The molecule has 0 amide bonds. The fourth-order valence-corrected chi connectivity index (χ4v) is 5.10. The topological polar surface area (TPSA) is 29.5 Å². The number of hydrogen-bond acceptors (Lipinski definition) is 2. The van der Waals surface area contributed by atoms with Crippen molar-refractivity contribution in [1.82, 2.24) is 0 Å². The van der Waals surface area contributed by atoms with E-state index < -0.39 is 8.32 Å². The van der Waals surface area contributed by atoms with Crippen molar-refractivity contribution in [3.63, 3.8) is 0 Å². The Morgan fingerprint density at radius 1 is 1.19 bits per heavy atom. The lowest BCUT2D eigenvalue weighted by Gasteiger charge is -2.41. The summed E-state index contributed by atoms with van der Waals surface area (Å²) in [7, 11) is -1.72. The average Bonchev–Trinajstić information content (AvgIpc) is 2.68. The van der Waals surface area contributed by atoms with E-state index >= 15 is 0 Å². The highest BCUT2D eigenvalue weighted by Crippen LogP contribution is 2.46. The van der Waals surface area contributed by atoms with Crippen LogP contribution in [0.2, 0.25) is 18.1 Å². The van der Waals surface area contributed by atoms with Crippen LogP contribution in [0.5, 0.6) is 0 Å². The maximum absolute atomic E-state index is 10.3. The van der Waals surface area contributed by atoms with Gasteiger partial charge in [0.1, 0.15) is 0 Å². The summed E-state index contributed by atoms with van der Waals surface area (Å²) in [5.74, 6) is 1.15. The smallest absolute Gasteiger partial charge is 0.192 e. The van der Waals surface area contributed by atoms with Crippen LogP contribution in [-0.2, 0) is 4.43 Å². The lowest BCUT2D eigenvalue weighted by Crippen LogP contribution is -2.45. The van der Waals surface area contributed by atoms with Crippen LogP contribution in [0, 0.1) is 11.8 Å². The summed E-state index contributed by atoms with van der Waals surface area (Å²) in [6.07, 6.45) is 7.83. The molecule has 2 aliphatic rings. The van der Waals surface area contributed by atoms with Gasteiger partial charge in [0.2, 0.25) is 0 Å². The molecule has 0 aromatic carbocycles. The Morgan fingerprint density at radius 2 is 1.86 bits per heavy atom. The monoisotopic (exact) mass is 310 g/mol. The molecule has 0 bridgehead atoms. The number of aliphatic hydroxyl groups excluding tert-OH is 1. The largest absolute Gasteiger partial charge is 0.414 e. The molecule has 21 heavy (non-hydrogen) atoms. The quantitative estimate of drug-likeness (QED) is 0.581. The Bertz CT molecular complexity index is 395. The highest BCUT2D eigenvalue weighted by Gasteiger charge is 2.45. The molecule has 4 atom stereocenters. The summed E-state index contributed by atoms with van der Waals surface area (Å²) in [5, 5.41) is 10.5. The van der Waals surface area contributed by atoms with Crippen LogP contribution in [0.1, 0.15) is 59.8 Å². The van der Waals surface area contributed by atoms with Crippen LogP contribution in [0.3, 0.4) is 0 Å². The molecule has 0 saturated heterocycles. The summed E-state index contributed by atoms with van der Waals surface area (Å²) < 4.78 is 6.73. The van der Waals surface area contributed by atoms with E-state index in [2.05, 4.69) is 46.9 Å². The van der Waals surface area contributed by atoms with Gasteiger partial charge in [0, 0.05) is 6.10 Å². The minimum Gasteiger partial charge on any atom is -0.414 e. The van der Waals surface area contributed by atoms with Crippen molar-refractivity contribution in [1.29, 1.82) is 0 Å².